The van der Waals surface area contributed by atoms with Crippen LogP contribution < -0.4 is 10.6 Å². The summed E-state index contributed by atoms with van der Waals surface area (Å²) >= 11 is 0. The number of anilines is 1. The van der Waals surface area contributed by atoms with Gasteiger partial charge in [0.05, 0.1) is 11.8 Å². The van der Waals surface area contributed by atoms with E-state index < -0.39 is 0 Å². The molecule has 7 heteroatoms. The summed E-state index contributed by atoms with van der Waals surface area (Å²) in [6.45, 7) is 3.36. The molecule has 0 aliphatic heterocycles. The average Bonchev–Trinajstić information content (AvgIpc) is 2.53. The highest BCUT2D eigenvalue weighted by Gasteiger charge is 2.15. The Hall–Kier alpha value is -2.70. The molecule has 0 fully saturated rings. The van der Waals surface area contributed by atoms with Crippen molar-refractivity contribution in [2.24, 2.45) is 10.9 Å². The molecule has 0 saturated heterocycles. The molecule has 0 saturated carbocycles. The molecule has 2 aromatic rings. The van der Waals surface area contributed by atoms with Crippen LogP contribution in [0.5, 0.6) is 0 Å². The second kappa shape index (κ2) is 6.46. The molecule has 3 N–H and O–H groups in total. The number of amidine groups is 1. The maximum absolute atomic E-state index is 8.84. The van der Waals surface area contributed by atoms with Gasteiger partial charge in [-0.1, -0.05) is 5.16 Å². The van der Waals surface area contributed by atoms with Gasteiger partial charge in [-0.05, 0) is 30.7 Å². The summed E-state index contributed by atoms with van der Waals surface area (Å²) in [6, 6.07) is 5.54. The van der Waals surface area contributed by atoms with Crippen molar-refractivity contribution in [1.29, 1.82) is 0 Å². The van der Waals surface area contributed by atoms with Gasteiger partial charge in [0.15, 0.2) is 11.7 Å². The summed E-state index contributed by atoms with van der Waals surface area (Å²) in [6.07, 6.45) is 4.99. The minimum Gasteiger partial charge on any atom is -0.409 e. The second-order valence-electron chi connectivity index (χ2n) is 4.12. The van der Waals surface area contributed by atoms with Crippen LogP contribution in [-0.4, -0.2) is 32.8 Å². The van der Waals surface area contributed by atoms with Crippen molar-refractivity contribution in [3.63, 3.8) is 0 Å². The number of aromatic nitrogens is 3. The minimum atomic E-state index is 0.0167. The summed E-state index contributed by atoms with van der Waals surface area (Å²) in [5.41, 5.74) is 7.33. The molecule has 20 heavy (non-hydrogen) atoms. The van der Waals surface area contributed by atoms with Crippen molar-refractivity contribution < 1.29 is 5.21 Å². The first-order valence-corrected chi connectivity index (χ1v) is 6.19. The number of pyridine rings is 1. The van der Waals surface area contributed by atoms with Gasteiger partial charge < -0.3 is 15.8 Å². The Balaban J connectivity index is 2.33. The zero-order chi connectivity index (χ0) is 14.4. The van der Waals surface area contributed by atoms with E-state index in [1.54, 1.807) is 18.5 Å². The van der Waals surface area contributed by atoms with Gasteiger partial charge in [-0.15, -0.1) is 5.10 Å². The average molecular weight is 272 g/mol. The molecular formula is C13H16N6O. The fourth-order valence-electron chi connectivity index (χ4n) is 1.86. The third kappa shape index (κ3) is 3.00. The predicted molar refractivity (Wildman–Crippen MR) is 75.5 cm³/mol. The van der Waals surface area contributed by atoms with E-state index in [9.17, 15) is 0 Å². The fraction of sp³-hybridized carbons (Fsp3) is 0.231. The molecule has 2 heterocycles. The highest BCUT2D eigenvalue weighted by Crippen LogP contribution is 2.18. The Morgan fingerprint density at radius 3 is 2.70 bits per heavy atom. The minimum absolute atomic E-state index is 0.0167. The normalized spacial score (nSPS) is 11.3. The SMILES string of the molecule is CCN(Cc1ccncc1)c1nnccc1/C(N)=N/O. The third-order valence-corrected chi connectivity index (χ3v) is 2.89. The smallest absolute Gasteiger partial charge is 0.173 e. The lowest BCUT2D eigenvalue weighted by Crippen LogP contribution is -2.27. The number of hydrogen-bond acceptors (Lipinski definition) is 6. The largest absolute Gasteiger partial charge is 0.409 e. The van der Waals surface area contributed by atoms with Crippen LogP contribution in [0.2, 0.25) is 0 Å². The number of rotatable bonds is 5. The van der Waals surface area contributed by atoms with Crippen LogP contribution in [0.4, 0.5) is 5.82 Å². The lowest BCUT2D eigenvalue weighted by atomic mass is 10.2. The molecule has 2 aromatic heterocycles. The number of nitrogens with two attached hydrogens (primary N) is 1. The topological polar surface area (TPSA) is 101 Å². The quantitative estimate of drug-likeness (QED) is 0.364. The molecule has 0 radical (unpaired) electrons. The molecule has 0 unspecified atom stereocenters. The van der Waals surface area contributed by atoms with Crippen LogP contribution in [0.3, 0.4) is 0 Å². The van der Waals surface area contributed by atoms with Crippen molar-refractivity contribution in [3.8, 4) is 0 Å². The zero-order valence-electron chi connectivity index (χ0n) is 11.1. The van der Waals surface area contributed by atoms with E-state index in [0.29, 0.717) is 24.5 Å². The van der Waals surface area contributed by atoms with Crippen LogP contribution in [0.15, 0.2) is 41.9 Å². The van der Waals surface area contributed by atoms with Crippen LogP contribution in [0.1, 0.15) is 18.1 Å². The number of nitrogens with zero attached hydrogens (tertiary/aromatic N) is 5. The zero-order valence-corrected chi connectivity index (χ0v) is 11.1. The monoisotopic (exact) mass is 272 g/mol. The number of hydrogen-bond donors (Lipinski definition) is 2. The van der Waals surface area contributed by atoms with E-state index >= 15 is 0 Å². The summed E-state index contributed by atoms with van der Waals surface area (Å²) in [7, 11) is 0. The van der Waals surface area contributed by atoms with Gasteiger partial charge in [-0.25, -0.2) is 0 Å². The van der Waals surface area contributed by atoms with Crippen LogP contribution >= 0.6 is 0 Å². The molecular weight excluding hydrogens is 256 g/mol. The van der Waals surface area contributed by atoms with Crippen molar-refractivity contribution in [1.82, 2.24) is 15.2 Å². The Bertz CT molecular complexity index is 586. The van der Waals surface area contributed by atoms with Crippen molar-refractivity contribution >= 4 is 11.7 Å². The van der Waals surface area contributed by atoms with Crippen molar-refractivity contribution in [2.45, 2.75) is 13.5 Å². The van der Waals surface area contributed by atoms with E-state index in [1.807, 2.05) is 24.0 Å². The highest BCUT2D eigenvalue weighted by atomic mass is 16.4. The van der Waals surface area contributed by atoms with Crippen molar-refractivity contribution in [2.75, 3.05) is 11.4 Å². The molecule has 7 nitrogen and oxygen atoms in total. The first kappa shape index (κ1) is 13.7. The van der Waals surface area contributed by atoms with E-state index in [-0.39, 0.29) is 5.84 Å². The Labute approximate surface area is 116 Å². The third-order valence-electron chi connectivity index (χ3n) is 2.89. The Kier molecular flexibility index (Phi) is 4.43. The standard InChI is InChI=1S/C13H16N6O/c1-2-19(9-10-3-6-15-7-4-10)13-11(12(14)18-20)5-8-16-17-13/h3-8,20H,2,9H2,1H3,(H2,14,18). The molecule has 0 spiro atoms. The Morgan fingerprint density at radius 1 is 1.30 bits per heavy atom. The lowest BCUT2D eigenvalue weighted by molar-refractivity contribution is 0.318. The first-order valence-electron chi connectivity index (χ1n) is 6.19. The fourth-order valence-corrected chi connectivity index (χ4v) is 1.86. The molecule has 104 valence electrons. The highest BCUT2D eigenvalue weighted by molar-refractivity contribution is 6.01. The second-order valence-corrected chi connectivity index (χ2v) is 4.12. The predicted octanol–water partition coefficient (Wildman–Crippen LogP) is 0.993. The molecule has 0 aromatic carbocycles. The van der Waals surface area contributed by atoms with Crippen LogP contribution in [-0.2, 0) is 6.54 Å². The molecule has 2 rings (SSSR count). The lowest BCUT2D eigenvalue weighted by Gasteiger charge is -2.23. The van der Waals surface area contributed by atoms with Gasteiger partial charge in [-0.2, -0.15) is 5.10 Å². The first-order chi connectivity index (χ1) is 9.76. The van der Waals surface area contributed by atoms with Gasteiger partial charge in [0.25, 0.3) is 0 Å². The Morgan fingerprint density at radius 2 is 2.05 bits per heavy atom. The maximum atomic E-state index is 8.84. The maximum Gasteiger partial charge on any atom is 0.173 e. The summed E-state index contributed by atoms with van der Waals surface area (Å²) in [5.74, 6) is 0.602. The van der Waals surface area contributed by atoms with Gasteiger partial charge >= 0.3 is 0 Å². The van der Waals surface area contributed by atoms with Gasteiger partial charge in [-0.3, -0.25) is 4.98 Å². The van der Waals surface area contributed by atoms with E-state index in [4.69, 9.17) is 10.9 Å². The van der Waals surface area contributed by atoms with E-state index in [1.165, 1.54) is 6.20 Å². The van der Waals surface area contributed by atoms with E-state index in [2.05, 4.69) is 20.3 Å². The summed E-state index contributed by atoms with van der Waals surface area (Å²) in [5, 5.41) is 19.9. The van der Waals surface area contributed by atoms with Gasteiger partial charge in [0.2, 0.25) is 0 Å². The number of oxime groups is 1. The van der Waals surface area contributed by atoms with Gasteiger partial charge in [0, 0.05) is 25.5 Å². The van der Waals surface area contributed by atoms with E-state index in [0.717, 1.165) is 5.56 Å². The molecule has 0 aliphatic carbocycles. The molecule has 0 aliphatic rings. The van der Waals surface area contributed by atoms with Gasteiger partial charge in [0.1, 0.15) is 0 Å². The van der Waals surface area contributed by atoms with Crippen molar-refractivity contribution in [3.05, 3.63) is 47.9 Å². The summed E-state index contributed by atoms with van der Waals surface area (Å²) < 4.78 is 0. The van der Waals surface area contributed by atoms with Crippen LogP contribution in [0.25, 0.3) is 0 Å². The van der Waals surface area contributed by atoms with Crippen LogP contribution in [0, 0.1) is 0 Å². The molecule has 0 atom stereocenters. The molecule has 0 amide bonds. The molecule has 0 bridgehead atoms. The summed E-state index contributed by atoms with van der Waals surface area (Å²) in [4.78, 5) is 5.99.